The van der Waals surface area contributed by atoms with E-state index in [1.165, 1.54) is 62.5 Å². The summed E-state index contributed by atoms with van der Waals surface area (Å²) in [7, 11) is 0. The molecule has 0 heterocycles. The second-order valence-corrected chi connectivity index (χ2v) is 6.40. The van der Waals surface area contributed by atoms with Crippen LogP contribution < -0.4 is 5.73 Å². The molecule has 0 aliphatic carbocycles. The van der Waals surface area contributed by atoms with E-state index < -0.39 is 0 Å². The number of rotatable bonds is 10. The summed E-state index contributed by atoms with van der Waals surface area (Å²) in [5.74, 6) is 1.28. The van der Waals surface area contributed by atoms with Gasteiger partial charge in [-0.3, -0.25) is 0 Å². The highest BCUT2D eigenvalue weighted by atomic mass is 14.6. The topological polar surface area (TPSA) is 26.0 Å². The summed E-state index contributed by atoms with van der Waals surface area (Å²) in [5, 5.41) is 0. The normalized spacial score (nSPS) is 11.5. The number of nitrogens with two attached hydrogens (primary N) is 1. The fraction of sp³-hybridized carbons (Fsp3) is 0.700. The summed E-state index contributed by atoms with van der Waals surface area (Å²) in [6.45, 7) is 9.11. The Morgan fingerprint density at radius 1 is 0.714 bits per heavy atom. The van der Waals surface area contributed by atoms with Crippen molar-refractivity contribution in [2.45, 2.75) is 90.9 Å². The smallest absolute Gasteiger partial charge is 0.0384 e. The van der Waals surface area contributed by atoms with E-state index in [1.807, 2.05) is 0 Å². The van der Waals surface area contributed by atoms with E-state index in [2.05, 4.69) is 45.9 Å². The molecule has 0 radical (unpaired) electrons. The third kappa shape index (κ3) is 5.05. The van der Waals surface area contributed by atoms with Crippen molar-refractivity contribution < 1.29 is 0 Å². The van der Waals surface area contributed by atoms with Gasteiger partial charge < -0.3 is 5.73 Å². The lowest BCUT2D eigenvalue weighted by molar-refractivity contribution is 0.550. The van der Waals surface area contributed by atoms with Crippen LogP contribution in [0.1, 0.15) is 102 Å². The molecule has 21 heavy (non-hydrogen) atoms. The van der Waals surface area contributed by atoms with Gasteiger partial charge in [0.2, 0.25) is 0 Å². The first-order valence-electron chi connectivity index (χ1n) is 9.07. The van der Waals surface area contributed by atoms with Gasteiger partial charge in [-0.1, -0.05) is 71.6 Å². The van der Waals surface area contributed by atoms with Crippen molar-refractivity contribution in [1.29, 1.82) is 0 Å². The third-order valence-electron chi connectivity index (χ3n) is 4.60. The minimum absolute atomic E-state index is 0.642. The lowest BCUT2D eigenvalue weighted by atomic mass is 9.83. The monoisotopic (exact) mass is 289 g/mol. The van der Waals surface area contributed by atoms with Crippen molar-refractivity contribution in [1.82, 2.24) is 0 Å². The molecule has 2 N–H and O–H groups in total. The van der Waals surface area contributed by atoms with E-state index >= 15 is 0 Å². The van der Waals surface area contributed by atoms with Crippen molar-refractivity contribution >= 4 is 5.69 Å². The van der Waals surface area contributed by atoms with Crippen molar-refractivity contribution in [3.8, 4) is 0 Å². The summed E-state index contributed by atoms with van der Waals surface area (Å²) < 4.78 is 0. The quantitative estimate of drug-likeness (QED) is 0.480. The molecular weight excluding hydrogens is 254 g/mol. The molecule has 0 aliphatic rings. The van der Waals surface area contributed by atoms with Gasteiger partial charge in [-0.25, -0.2) is 0 Å². The predicted molar refractivity (Wildman–Crippen MR) is 96.0 cm³/mol. The second kappa shape index (κ2) is 9.87. The SMILES string of the molecule is CCCC(CCC)c1cccc(C(CCC)CCC)c1N. The molecule has 0 bridgehead atoms. The van der Waals surface area contributed by atoms with Crippen LogP contribution in [-0.2, 0) is 0 Å². The zero-order chi connectivity index (χ0) is 15.7. The molecule has 0 aromatic heterocycles. The minimum Gasteiger partial charge on any atom is -0.398 e. The second-order valence-electron chi connectivity index (χ2n) is 6.40. The number of nitrogen functional groups attached to an aromatic ring is 1. The molecule has 0 aliphatic heterocycles. The van der Waals surface area contributed by atoms with E-state index in [0.29, 0.717) is 11.8 Å². The molecule has 1 aromatic carbocycles. The molecule has 1 nitrogen and oxygen atoms in total. The fourth-order valence-electron chi connectivity index (χ4n) is 3.62. The van der Waals surface area contributed by atoms with Crippen molar-refractivity contribution in [2.24, 2.45) is 0 Å². The van der Waals surface area contributed by atoms with Crippen molar-refractivity contribution in [2.75, 3.05) is 5.73 Å². The molecule has 0 amide bonds. The molecule has 1 aromatic rings. The summed E-state index contributed by atoms with van der Waals surface area (Å²) in [6.07, 6.45) is 9.98. The van der Waals surface area contributed by atoms with Crippen LogP contribution in [-0.4, -0.2) is 0 Å². The van der Waals surface area contributed by atoms with Crippen LogP contribution in [0, 0.1) is 0 Å². The first-order chi connectivity index (χ1) is 10.2. The van der Waals surface area contributed by atoms with Crippen LogP contribution in [0.25, 0.3) is 0 Å². The maximum atomic E-state index is 6.61. The predicted octanol–water partition coefficient (Wildman–Crippen LogP) is 6.64. The molecule has 0 fully saturated rings. The number of hydrogen-bond acceptors (Lipinski definition) is 1. The Balaban J connectivity index is 3.09. The van der Waals surface area contributed by atoms with Gasteiger partial charge in [-0.05, 0) is 48.6 Å². The van der Waals surface area contributed by atoms with Crippen LogP contribution in [0.3, 0.4) is 0 Å². The van der Waals surface area contributed by atoms with Crippen molar-refractivity contribution in [3.05, 3.63) is 29.3 Å². The van der Waals surface area contributed by atoms with Crippen LogP contribution >= 0.6 is 0 Å². The summed E-state index contributed by atoms with van der Waals surface area (Å²) in [5.41, 5.74) is 10.5. The lowest BCUT2D eigenvalue weighted by Crippen LogP contribution is -2.09. The maximum Gasteiger partial charge on any atom is 0.0384 e. The van der Waals surface area contributed by atoms with Gasteiger partial charge in [0.1, 0.15) is 0 Å². The average molecular weight is 290 g/mol. The van der Waals surface area contributed by atoms with Gasteiger partial charge in [0, 0.05) is 5.69 Å². The Morgan fingerprint density at radius 2 is 1.05 bits per heavy atom. The van der Waals surface area contributed by atoms with Crippen LogP contribution in [0.15, 0.2) is 18.2 Å². The van der Waals surface area contributed by atoms with Gasteiger partial charge in [0.15, 0.2) is 0 Å². The Kier molecular flexibility index (Phi) is 8.49. The van der Waals surface area contributed by atoms with E-state index in [4.69, 9.17) is 5.73 Å². The first-order valence-corrected chi connectivity index (χ1v) is 9.07. The van der Waals surface area contributed by atoms with E-state index in [0.717, 1.165) is 5.69 Å². The zero-order valence-electron chi connectivity index (χ0n) is 14.6. The van der Waals surface area contributed by atoms with E-state index in [-0.39, 0.29) is 0 Å². The molecule has 0 saturated carbocycles. The average Bonchev–Trinajstić information content (AvgIpc) is 2.47. The summed E-state index contributed by atoms with van der Waals surface area (Å²) in [4.78, 5) is 0. The van der Waals surface area contributed by atoms with Gasteiger partial charge >= 0.3 is 0 Å². The first kappa shape index (κ1) is 18.1. The highest BCUT2D eigenvalue weighted by Gasteiger charge is 2.18. The van der Waals surface area contributed by atoms with Crippen LogP contribution in [0.4, 0.5) is 5.69 Å². The number of benzene rings is 1. The fourth-order valence-corrected chi connectivity index (χ4v) is 3.62. The minimum atomic E-state index is 0.642. The molecule has 0 unspecified atom stereocenters. The van der Waals surface area contributed by atoms with E-state index in [9.17, 15) is 0 Å². The molecule has 1 heteroatoms. The standard InChI is InChI=1S/C20H35N/c1-5-10-16(11-6-2)18-14-9-15-19(20(18)21)17(12-7-3)13-8-4/h9,14-17H,5-8,10-13,21H2,1-4H3. The molecule has 0 saturated heterocycles. The zero-order valence-corrected chi connectivity index (χ0v) is 14.6. The highest BCUT2D eigenvalue weighted by molar-refractivity contribution is 5.56. The molecule has 0 spiro atoms. The molecule has 1 rings (SSSR count). The van der Waals surface area contributed by atoms with Crippen LogP contribution in [0.2, 0.25) is 0 Å². The molecule has 120 valence electrons. The third-order valence-corrected chi connectivity index (χ3v) is 4.60. The Bertz CT molecular complexity index is 351. The molecule has 0 atom stereocenters. The molecular formula is C20H35N. The summed E-state index contributed by atoms with van der Waals surface area (Å²) >= 11 is 0. The van der Waals surface area contributed by atoms with Gasteiger partial charge in [-0.15, -0.1) is 0 Å². The Morgan fingerprint density at radius 3 is 1.33 bits per heavy atom. The number of anilines is 1. The van der Waals surface area contributed by atoms with Crippen LogP contribution in [0.5, 0.6) is 0 Å². The maximum absolute atomic E-state index is 6.61. The number of para-hydroxylation sites is 1. The summed E-state index contributed by atoms with van der Waals surface area (Å²) in [6, 6.07) is 6.77. The van der Waals surface area contributed by atoms with Gasteiger partial charge in [0.25, 0.3) is 0 Å². The number of hydrogen-bond donors (Lipinski definition) is 1. The van der Waals surface area contributed by atoms with Crippen molar-refractivity contribution in [3.63, 3.8) is 0 Å². The van der Waals surface area contributed by atoms with E-state index in [1.54, 1.807) is 0 Å². The van der Waals surface area contributed by atoms with Gasteiger partial charge in [-0.2, -0.15) is 0 Å². The Labute approximate surface area is 132 Å². The Hall–Kier alpha value is -0.980. The highest BCUT2D eigenvalue weighted by Crippen LogP contribution is 2.37. The largest absolute Gasteiger partial charge is 0.398 e. The van der Waals surface area contributed by atoms with Gasteiger partial charge in [0.05, 0.1) is 0 Å². The lowest BCUT2D eigenvalue weighted by Gasteiger charge is -2.24.